The maximum atomic E-state index is 13.1. The van der Waals surface area contributed by atoms with Gasteiger partial charge in [-0.25, -0.2) is 4.98 Å². The number of nitrogens with zero attached hydrogens (tertiary/aromatic N) is 3. The van der Waals surface area contributed by atoms with E-state index in [1.165, 1.54) is 4.40 Å². The van der Waals surface area contributed by atoms with Gasteiger partial charge in [0.25, 0.3) is 5.91 Å². The molecule has 1 aliphatic heterocycles. The quantitative estimate of drug-likeness (QED) is 0.806. The zero-order valence-corrected chi connectivity index (χ0v) is 13.9. The van der Waals surface area contributed by atoms with Crippen LogP contribution in [0.25, 0.3) is 5.65 Å². The maximum absolute atomic E-state index is 13.1. The molecule has 0 bridgehead atoms. The monoisotopic (exact) mass is 359 g/mol. The second kappa shape index (κ2) is 6.27. The Labute approximate surface area is 142 Å². The zero-order valence-electron chi connectivity index (χ0n) is 13.2. The van der Waals surface area contributed by atoms with Gasteiger partial charge in [-0.15, -0.1) is 0 Å². The molecule has 0 atom stereocenters. The molecule has 1 aliphatic rings. The highest BCUT2D eigenvalue weighted by Gasteiger charge is 2.33. The van der Waals surface area contributed by atoms with Crippen molar-refractivity contribution in [3.05, 3.63) is 34.2 Å². The predicted molar refractivity (Wildman–Crippen MR) is 84.3 cm³/mol. The van der Waals surface area contributed by atoms with Crippen molar-refractivity contribution in [1.82, 2.24) is 14.3 Å². The highest BCUT2D eigenvalue weighted by molar-refractivity contribution is 6.33. The van der Waals surface area contributed by atoms with Gasteiger partial charge in [0.05, 0.1) is 16.3 Å². The number of pyridine rings is 1. The summed E-state index contributed by atoms with van der Waals surface area (Å²) in [6.45, 7) is 3.04. The third-order valence-electron chi connectivity index (χ3n) is 4.26. The van der Waals surface area contributed by atoms with Crippen molar-refractivity contribution in [2.24, 2.45) is 0 Å². The molecule has 130 valence electrons. The minimum absolute atomic E-state index is 0.114. The summed E-state index contributed by atoms with van der Waals surface area (Å²) < 4.78 is 40.4. The molecule has 2 aromatic heterocycles. The molecule has 0 unspecified atom stereocenters. The molecule has 3 heterocycles. The number of aromatic nitrogens is 2. The zero-order chi connectivity index (χ0) is 17.5. The Morgan fingerprint density at radius 3 is 2.54 bits per heavy atom. The standard InChI is InChI=1S/C16H17ClF3N3O/c1-2-12-13(15(24)22-6-4-3-5-7-22)23-9-10(16(18,19)20)8-11(17)14(23)21-12/h8-9H,2-7H2,1H3. The number of alkyl halides is 3. The Morgan fingerprint density at radius 1 is 1.29 bits per heavy atom. The summed E-state index contributed by atoms with van der Waals surface area (Å²) >= 11 is 5.99. The van der Waals surface area contributed by atoms with Crippen LogP contribution < -0.4 is 0 Å². The molecule has 1 fully saturated rings. The molecule has 1 saturated heterocycles. The van der Waals surface area contributed by atoms with Gasteiger partial charge in [0.2, 0.25) is 0 Å². The Balaban J connectivity index is 2.17. The first-order chi connectivity index (χ1) is 11.3. The van der Waals surface area contributed by atoms with Gasteiger partial charge in [-0.1, -0.05) is 18.5 Å². The molecular formula is C16H17ClF3N3O. The van der Waals surface area contributed by atoms with E-state index in [2.05, 4.69) is 4.98 Å². The average Bonchev–Trinajstić information content (AvgIpc) is 2.93. The molecule has 0 radical (unpaired) electrons. The normalized spacial score (nSPS) is 16.0. The van der Waals surface area contributed by atoms with Gasteiger partial charge in [-0.05, 0) is 31.7 Å². The van der Waals surface area contributed by atoms with Crippen LogP contribution in [0.15, 0.2) is 12.3 Å². The van der Waals surface area contributed by atoms with E-state index in [9.17, 15) is 18.0 Å². The number of piperidine rings is 1. The fraction of sp³-hybridized carbons (Fsp3) is 0.500. The number of carbonyl (C=O) groups excluding carboxylic acids is 1. The van der Waals surface area contributed by atoms with Gasteiger partial charge in [-0.2, -0.15) is 13.2 Å². The molecule has 3 rings (SSSR count). The van der Waals surface area contributed by atoms with Crippen molar-refractivity contribution < 1.29 is 18.0 Å². The molecule has 0 spiro atoms. The van der Waals surface area contributed by atoms with Gasteiger partial charge in [0.1, 0.15) is 5.69 Å². The summed E-state index contributed by atoms with van der Waals surface area (Å²) in [7, 11) is 0. The number of amides is 1. The third kappa shape index (κ3) is 2.97. The molecule has 24 heavy (non-hydrogen) atoms. The van der Waals surface area contributed by atoms with Crippen molar-refractivity contribution in [2.45, 2.75) is 38.8 Å². The summed E-state index contributed by atoms with van der Waals surface area (Å²) in [4.78, 5) is 18.8. The molecule has 1 amide bonds. The Hall–Kier alpha value is -1.76. The smallest absolute Gasteiger partial charge is 0.337 e. The molecule has 0 aliphatic carbocycles. The van der Waals surface area contributed by atoms with E-state index in [4.69, 9.17) is 11.6 Å². The lowest BCUT2D eigenvalue weighted by molar-refractivity contribution is -0.137. The Morgan fingerprint density at radius 2 is 1.96 bits per heavy atom. The first kappa shape index (κ1) is 17.1. The SMILES string of the molecule is CCc1nc2c(Cl)cc(C(F)(F)F)cn2c1C(=O)N1CCCCC1. The fourth-order valence-corrected chi connectivity index (χ4v) is 3.28. The van der Waals surface area contributed by atoms with Gasteiger partial charge in [0, 0.05) is 19.3 Å². The van der Waals surface area contributed by atoms with Gasteiger partial charge in [-0.3, -0.25) is 9.20 Å². The van der Waals surface area contributed by atoms with Crippen molar-refractivity contribution >= 4 is 23.2 Å². The number of fused-ring (bicyclic) bond motifs is 1. The van der Waals surface area contributed by atoms with Gasteiger partial charge in [0.15, 0.2) is 5.65 Å². The molecule has 4 nitrogen and oxygen atoms in total. The molecule has 2 aromatic rings. The topological polar surface area (TPSA) is 37.6 Å². The number of rotatable bonds is 2. The summed E-state index contributed by atoms with van der Waals surface area (Å²) in [5, 5.41) is -0.114. The lowest BCUT2D eigenvalue weighted by atomic mass is 10.1. The molecule has 0 N–H and O–H groups in total. The van der Waals surface area contributed by atoms with Crippen LogP contribution in [0.2, 0.25) is 5.02 Å². The van der Waals surface area contributed by atoms with Crippen molar-refractivity contribution in [1.29, 1.82) is 0 Å². The van der Waals surface area contributed by atoms with Crippen molar-refractivity contribution in [3.8, 4) is 0 Å². The predicted octanol–water partition coefficient (Wildman–Crippen LogP) is 4.20. The number of halogens is 4. The minimum Gasteiger partial charge on any atom is -0.337 e. The number of carbonyl (C=O) groups is 1. The Kier molecular flexibility index (Phi) is 4.46. The highest BCUT2D eigenvalue weighted by atomic mass is 35.5. The van der Waals surface area contributed by atoms with Crippen molar-refractivity contribution in [2.75, 3.05) is 13.1 Å². The fourth-order valence-electron chi connectivity index (χ4n) is 3.03. The molecule has 0 saturated carbocycles. The number of likely N-dealkylation sites (tertiary alicyclic amines) is 1. The van der Waals surface area contributed by atoms with Crippen LogP contribution in [0.3, 0.4) is 0 Å². The van der Waals surface area contributed by atoms with Crippen LogP contribution in [-0.4, -0.2) is 33.3 Å². The number of hydrogen-bond acceptors (Lipinski definition) is 2. The van der Waals surface area contributed by atoms with Crippen LogP contribution >= 0.6 is 11.6 Å². The minimum atomic E-state index is -4.54. The number of imidazole rings is 1. The number of hydrogen-bond donors (Lipinski definition) is 0. The maximum Gasteiger partial charge on any atom is 0.417 e. The lowest BCUT2D eigenvalue weighted by Gasteiger charge is -2.26. The van der Waals surface area contributed by atoms with Crippen LogP contribution in [0, 0.1) is 0 Å². The first-order valence-corrected chi connectivity index (χ1v) is 8.27. The summed E-state index contributed by atoms with van der Waals surface area (Å²) in [5.41, 5.74) is -0.0659. The summed E-state index contributed by atoms with van der Waals surface area (Å²) in [5.74, 6) is -0.283. The van der Waals surface area contributed by atoms with Crippen LogP contribution in [0.4, 0.5) is 13.2 Å². The van der Waals surface area contributed by atoms with Gasteiger partial charge < -0.3 is 4.90 Å². The van der Waals surface area contributed by atoms with Gasteiger partial charge >= 0.3 is 6.18 Å². The van der Waals surface area contributed by atoms with E-state index >= 15 is 0 Å². The Bertz CT molecular complexity index is 779. The van der Waals surface area contributed by atoms with Crippen LogP contribution in [0.1, 0.15) is 47.9 Å². The second-order valence-corrected chi connectivity index (χ2v) is 6.29. The third-order valence-corrected chi connectivity index (χ3v) is 4.53. The van der Waals surface area contributed by atoms with E-state index in [0.717, 1.165) is 31.5 Å². The van der Waals surface area contributed by atoms with Crippen LogP contribution in [0.5, 0.6) is 0 Å². The largest absolute Gasteiger partial charge is 0.417 e. The van der Waals surface area contributed by atoms with E-state index in [-0.39, 0.29) is 22.3 Å². The first-order valence-electron chi connectivity index (χ1n) is 7.90. The van der Waals surface area contributed by atoms with E-state index in [1.807, 2.05) is 6.92 Å². The molecular weight excluding hydrogens is 343 g/mol. The van der Waals surface area contributed by atoms with Crippen molar-refractivity contribution in [3.63, 3.8) is 0 Å². The summed E-state index contributed by atoms with van der Waals surface area (Å²) in [6, 6.07) is 0.846. The van der Waals surface area contributed by atoms with E-state index < -0.39 is 11.7 Å². The summed E-state index contributed by atoms with van der Waals surface area (Å²) in [6.07, 6.45) is -0.336. The van der Waals surface area contributed by atoms with Crippen LogP contribution in [-0.2, 0) is 12.6 Å². The molecule has 8 heteroatoms. The van der Waals surface area contributed by atoms with E-state index in [0.29, 0.717) is 25.2 Å². The number of aryl methyl sites for hydroxylation is 1. The second-order valence-electron chi connectivity index (χ2n) is 5.88. The molecule has 0 aromatic carbocycles. The highest BCUT2D eigenvalue weighted by Crippen LogP contribution is 2.33. The lowest BCUT2D eigenvalue weighted by Crippen LogP contribution is -2.36. The van der Waals surface area contributed by atoms with E-state index in [1.54, 1.807) is 4.90 Å². The average molecular weight is 360 g/mol.